The van der Waals surface area contributed by atoms with Gasteiger partial charge < -0.3 is 29.9 Å². The van der Waals surface area contributed by atoms with E-state index >= 15 is 0 Å². The zero-order chi connectivity index (χ0) is 28.8. The van der Waals surface area contributed by atoms with E-state index in [1.807, 2.05) is 0 Å². The summed E-state index contributed by atoms with van der Waals surface area (Å²) in [5, 5.41) is 46.5. The Morgan fingerprint density at radius 3 is 2.44 bits per heavy atom. The predicted molar refractivity (Wildman–Crippen MR) is 145 cm³/mol. The molecule has 7 nitrogen and oxygen atoms in total. The van der Waals surface area contributed by atoms with Crippen LogP contribution in [-0.2, 0) is 14.3 Å². The highest BCUT2D eigenvalue weighted by atomic mass is 16.7. The molecule has 0 aromatic heterocycles. The monoisotopic (exact) mass is 546 g/mol. The molecule has 1 saturated heterocycles. The van der Waals surface area contributed by atoms with Crippen molar-refractivity contribution in [1.29, 1.82) is 0 Å². The maximum atomic E-state index is 12.4. The van der Waals surface area contributed by atoms with Crippen molar-refractivity contribution < 1.29 is 34.7 Å². The van der Waals surface area contributed by atoms with Crippen molar-refractivity contribution in [1.82, 2.24) is 0 Å². The highest BCUT2D eigenvalue weighted by Gasteiger charge is 2.85. The van der Waals surface area contributed by atoms with Gasteiger partial charge in [0.25, 0.3) is 0 Å². The number of carbonyl (C=O) groups is 1. The van der Waals surface area contributed by atoms with Crippen molar-refractivity contribution in [2.24, 2.45) is 44.8 Å². The minimum absolute atomic E-state index is 0.00241. The second-order valence-electron chi connectivity index (χ2n) is 16.0. The molecule has 1 aliphatic heterocycles. The Labute approximate surface area is 233 Å². The van der Waals surface area contributed by atoms with Gasteiger partial charge in [0, 0.05) is 18.3 Å². The molecule has 2 spiro atoms. The van der Waals surface area contributed by atoms with E-state index in [0.717, 1.165) is 38.5 Å². The molecular weight excluding hydrogens is 496 g/mol. The maximum Gasteiger partial charge on any atom is 0.303 e. The Morgan fingerprint density at radius 2 is 1.82 bits per heavy atom. The second kappa shape index (κ2) is 7.89. The summed E-state index contributed by atoms with van der Waals surface area (Å²) >= 11 is 0. The van der Waals surface area contributed by atoms with E-state index in [4.69, 9.17) is 9.47 Å². The molecule has 5 aliphatic carbocycles. The Hall–Kier alpha value is -0.990. The molecule has 1 heterocycles. The summed E-state index contributed by atoms with van der Waals surface area (Å²) in [5.41, 5.74) is -1.16. The van der Waals surface area contributed by atoms with Gasteiger partial charge in [0.15, 0.2) is 11.9 Å². The summed E-state index contributed by atoms with van der Waals surface area (Å²) in [4.78, 5) is 12.0. The SMILES string of the molecule is CC(=O)O[C@@H]([C@H]1C[C@@H](C)[C@H]2[C@@](O)(O1)[C@H](O)[C@@]1(C)C3=CC[C@H]4C(C)(C)[C@@H](O)CC[C@@]45C[C@@]35CC[C@]21C)C(C)(C)O. The topological polar surface area (TPSA) is 116 Å². The number of aliphatic hydroxyl groups is 4. The molecule has 0 unspecified atom stereocenters. The van der Waals surface area contributed by atoms with Crippen LogP contribution in [0.5, 0.6) is 0 Å². The van der Waals surface area contributed by atoms with Crippen molar-refractivity contribution in [2.75, 3.05) is 0 Å². The first-order chi connectivity index (χ1) is 17.8. The van der Waals surface area contributed by atoms with Crippen LogP contribution in [0.3, 0.4) is 0 Å². The zero-order valence-corrected chi connectivity index (χ0v) is 25.1. The number of carbonyl (C=O) groups excluding carboxylic acids is 1. The molecule has 0 aromatic rings. The molecule has 4 saturated carbocycles. The Kier molecular flexibility index (Phi) is 5.69. The largest absolute Gasteiger partial charge is 0.457 e. The van der Waals surface area contributed by atoms with Gasteiger partial charge in [0.2, 0.25) is 0 Å². The number of hydrogen-bond acceptors (Lipinski definition) is 7. The van der Waals surface area contributed by atoms with Gasteiger partial charge in [-0.25, -0.2) is 0 Å². The lowest BCUT2D eigenvalue weighted by molar-refractivity contribution is -0.341. The molecule has 39 heavy (non-hydrogen) atoms. The van der Waals surface area contributed by atoms with Crippen LogP contribution in [0, 0.1) is 44.8 Å². The lowest BCUT2D eigenvalue weighted by Gasteiger charge is -2.60. The number of hydrogen-bond donors (Lipinski definition) is 4. The van der Waals surface area contributed by atoms with Crippen LogP contribution >= 0.6 is 0 Å². The summed E-state index contributed by atoms with van der Waals surface area (Å²) in [6, 6.07) is 0. The lowest BCUT2D eigenvalue weighted by atomic mass is 9.44. The second-order valence-corrected chi connectivity index (χ2v) is 16.0. The Balaban J connectivity index is 1.42. The van der Waals surface area contributed by atoms with Crippen LogP contribution in [0.1, 0.15) is 100 Å². The summed E-state index contributed by atoms with van der Waals surface area (Å²) in [6.45, 7) is 15.4. The molecular formula is C32H50O7. The fourth-order valence-corrected chi connectivity index (χ4v) is 11.7. The first-order valence-corrected chi connectivity index (χ1v) is 15.2. The van der Waals surface area contributed by atoms with E-state index in [0.29, 0.717) is 12.3 Å². The van der Waals surface area contributed by atoms with Gasteiger partial charge in [-0.2, -0.15) is 0 Å². The van der Waals surface area contributed by atoms with Crippen molar-refractivity contribution in [3.63, 3.8) is 0 Å². The third-order valence-electron chi connectivity index (χ3n) is 13.5. The summed E-state index contributed by atoms with van der Waals surface area (Å²) < 4.78 is 12.0. The smallest absolute Gasteiger partial charge is 0.303 e. The minimum atomic E-state index is -1.83. The fraction of sp³-hybridized carbons (Fsp3) is 0.906. The first-order valence-electron chi connectivity index (χ1n) is 15.2. The number of fused-ring (bicyclic) bond motifs is 4. The Morgan fingerprint density at radius 1 is 1.15 bits per heavy atom. The molecule has 5 fully saturated rings. The standard InChI is InChI=1S/C32H50O7/c1-17-15-19(24(27(5,6)36)38-18(2)33)39-32(37)23(17)28(7)13-14-31-16-30(31)12-11-22(34)26(3,4)20(30)9-10-21(31)29(28,8)25(32)35/h10,17,19-20,22-25,34-37H,9,11-16H2,1-8H3/t17-,19-,20+,22+,23-,24+,25-,28-,29-,30-,31+,32-/m1/s1. The third kappa shape index (κ3) is 3.15. The first kappa shape index (κ1) is 28.1. The van der Waals surface area contributed by atoms with Crippen molar-refractivity contribution >= 4 is 5.97 Å². The van der Waals surface area contributed by atoms with Crippen LogP contribution in [0.15, 0.2) is 11.6 Å². The van der Waals surface area contributed by atoms with Crippen LogP contribution in [0.4, 0.5) is 0 Å². The summed E-state index contributed by atoms with van der Waals surface area (Å²) in [7, 11) is 0. The Bertz CT molecular complexity index is 1110. The van der Waals surface area contributed by atoms with Crippen LogP contribution < -0.4 is 0 Å². The quantitative estimate of drug-likeness (QED) is 0.311. The zero-order valence-electron chi connectivity index (χ0n) is 25.1. The van der Waals surface area contributed by atoms with Crippen LogP contribution in [-0.4, -0.2) is 62.2 Å². The minimum Gasteiger partial charge on any atom is -0.457 e. The summed E-state index contributed by atoms with van der Waals surface area (Å²) in [6.07, 6.45) is 5.44. The molecule has 12 atom stereocenters. The van der Waals surface area contributed by atoms with E-state index in [1.165, 1.54) is 12.5 Å². The number of ether oxygens (including phenoxy) is 2. The molecule has 0 aromatic carbocycles. The maximum absolute atomic E-state index is 12.4. The molecule has 7 heteroatoms. The van der Waals surface area contributed by atoms with Crippen molar-refractivity contribution in [2.45, 2.75) is 136 Å². The average Bonchev–Trinajstić information content (AvgIpc) is 3.45. The van der Waals surface area contributed by atoms with Gasteiger partial charge in [-0.3, -0.25) is 4.79 Å². The van der Waals surface area contributed by atoms with Gasteiger partial charge in [-0.1, -0.05) is 46.3 Å². The van der Waals surface area contributed by atoms with Gasteiger partial charge in [-0.15, -0.1) is 0 Å². The fourth-order valence-electron chi connectivity index (χ4n) is 11.7. The molecule has 0 bridgehead atoms. The van der Waals surface area contributed by atoms with Gasteiger partial charge in [0.05, 0.1) is 11.7 Å². The number of aliphatic hydroxyl groups excluding tert-OH is 2. The summed E-state index contributed by atoms with van der Waals surface area (Å²) in [5.74, 6) is -2.28. The highest BCUT2D eigenvalue weighted by Crippen LogP contribution is 2.88. The van der Waals surface area contributed by atoms with E-state index in [9.17, 15) is 25.2 Å². The lowest BCUT2D eigenvalue weighted by Crippen LogP contribution is -2.61. The molecule has 220 valence electrons. The molecule has 0 amide bonds. The van der Waals surface area contributed by atoms with Gasteiger partial charge in [-0.05, 0) is 92.3 Å². The molecule has 6 aliphatic rings. The number of allylic oxidation sites excluding steroid dienone is 1. The average molecular weight is 547 g/mol. The van der Waals surface area contributed by atoms with Crippen LogP contribution in [0.25, 0.3) is 0 Å². The molecule has 4 N–H and O–H groups in total. The number of rotatable bonds is 3. The van der Waals surface area contributed by atoms with Gasteiger partial charge >= 0.3 is 5.97 Å². The van der Waals surface area contributed by atoms with Crippen molar-refractivity contribution in [3.8, 4) is 0 Å². The van der Waals surface area contributed by atoms with Crippen molar-refractivity contribution in [3.05, 3.63) is 11.6 Å². The predicted octanol–water partition coefficient (Wildman–Crippen LogP) is 4.10. The highest BCUT2D eigenvalue weighted by molar-refractivity contribution is 5.66. The third-order valence-corrected chi connectivity index (χ3v) is 13.5. The van der Waals surface area contributed by atoms with Gasteiger partial charge in [0.1, 0.15) is 12.2 Å². The van der Waals surface area contributed by atoms with E-state index in [1.54, 1.807) is 13.8 Å². The molecule has 0 radical (unpaired) electrons. The van der Waals surface area contributed by atoms with E-state index in [2.05, 4.69) is 40.7 Å². The van der Waals surface area contributed by atoms with E-state index in [-0.39, 0.29) is 34.2 Å². The number of esters is 1. The van der Waals surface area contributed by atoms with E-state index < -0.39 is 46.5 Å². The normalized spacial score (nSPS) is 54.2. The van der Waals surface area contributed by atoms with Crippen LogP contribution in [0.2, 0.25) is 0 Å². The molecule has 6 rings (SSSR count).